The van der Waals surface area contributed by atoms with Crippen LogP contribution in [0.15, 0.2) is 23.6 Å². The number of ether oxygens (including phenoxy) is 2. The third-order valence-electron chi connectivity index (χ3n) is 6.53. The molecule has 2 aromatic rings. The molecule has 2 fully saturated rings. The first kappa shape index (κ1) is 23.5. The van der Waals surface area contributed by atoms with Crippen LogP contribution in [0, 0.1) is 5.92 Å². The van der Waals surface area contributed by atoms with E-state index in [4.69, 9.17) is 9.47 Å². The first-order chi connectivity index (χ1) is 16.0. The van der Waals surface area contributed by atoms with E-state index in [1.165, 1.54) is 11.3 Å². The van der Waals surface area contributed by atoms with Gasteiger partial charge >= 0.3 is 0 Å². The van der Waals surface area contributed by atoms with E-state index in [1.54, 1.807) is 14.2 Å². The number of rotatable bonds is 6. The van der Waals surface area contributed by atoms with Gasteiger partial charge < -0.3 is 24.2 Å². The minimum atomic E-state index is 0.0355. The number of carbonyl (C=O) groups is 2. The average Bonchev–Trinajstić information content (AvgIpc) is 3.32. The Balaban J connectivity index is 1.30. The molecule has 0 unspecified atom stereocenters. The van der Waals surface area contributed by atoms with Gasteiger partial charge in [0, 0.05) is 56.1 Å². The monoisotopic (exact) mass is 472 g/mol. The molecule has 0 saturated carbocycles. The summed E-state index contributed by atoms with van der Waals surface area (Å²) in [7, 11) is 5.30. The fourth-order valence-electron chi connectivity index (χ4n) is 4.42. The molecule has 2 saturated heterocycles. The highest BCUT2D eigenvalue weighted by molar-refractivity contribution is 7.13. The lowest BCUT2D eigenvalue weighted by Crippen LogP contribution is -2.51. The normalized spacial score (nSPS) is 17.8. The van der Waals surface area contributed by atoms with Crippen LogP contribution in [0.2, 0.25) is 0 Å². The molecule has 4 rings (SSSR count). The Bertz CT molecular complexity index is 979. The Morgan fingerprint density at radius 1 is 1.00 bits per heavy atom. The molecule has 1 aromatic carbocycles. The fourth-order valence-corrected chi connectivity index (χ4v) is 5.23. The second kappa shape index (κ2) is 10.5. The molecule has 0 atom stereocenters. The quantitative estimate of drug-likeness (QED) is 0.643. The van der Waals surface area contributed by atoms with E-state index in [-0.39, 0.29) is 24.2 Å². The molecule has 0 aliphatic carbocycles. The predicted octanol–water partition coefficient (Wildman–Crippen LogP) is 2.38. The number of aromatic nitrogens is 1. The van der Waals surface area contributed by atoms with Gasteiger partial charge in [0.1, 0.15) is 5.01 Å². The maximum atomic E-state index is 12.9. The number of nitrogens with zero attached hydrogens (tertiary/aromatic N) is 4. The van der Waals surface area contributed by atoms with Crippen molar-refractivity contribution in [2.45, 2.75) is 19.3 Å². The lowest BCUT2D eigenvalue weighted by Gasteiger charge is -2.37. The molecule has 33 heavy (non-hydrogen) atoms. The summed E-state index contributed by atoms with van der Waals surface area (Å²) >= 11 is 1.51. The summed E-state index contributed by atoms with van der Waals surface area (Å²) in [5.74, 6) is 1.69. The molecule has 0 bridgehead atoms. The number of likely N-dealkylation sites (tertiary alicyclic amines) is 1. The highest BCUT2D eigenvalue weighted by atomic mass is 32.1. The lowest BCUT2D eigenvalue weighted by atomic mass is 9.94. The standard InChI is InChI=1S/C24H32N4O4S/c1-26-10-12-28(13-11-26)24(30)17-6-8-27(9-7-17)22(29)15-19-16-33-23(25-19)18-4-5-20(31-2)21(14-18)32-3/h4-5,14,16-17H,6-13,15H2,1-3H3. The van der Waals surface area contributed by atoms with Crippen molar-refractivity contribution in [2.24, 2.45) is 5.92 Å². The smallest absolute Gasteiger partial charge is 0.228 e. The highest BCUT2D eigenvalue weighted by Gasteiger charge is 2.31. The number of methoxy groups -OCH3 is 2. The van der Waals surface area contributed by atoms with Gasteiger partial charge in [0.15, 0.2) is 11.5 Å². The lowest BCUT2D eigenvalue weighted by molar-refractivity contribution is -0.141. The van der Waals surface area contributed by atoms with Gasteiger partial charge in [-0.3, -0.25) is 9.59 Å². The van der Waals surface area contributed by atoms with Gasteiger partial charge in [-0.2, -0.15) is 0 Å². The minimum Gasteiger partial charge on any atom is -0.493 e. The number of hydrogen-bond donors (Lipinski definition) is 0. The summed E-state index contributed by atoms with van der Waals surface area (Å²) in [4.78, 5) is 36.5. The van der Waals surface area contributed by atoms with Crippen LogP contribution >= 0.6 is 11.3 Å². The third kappa shape index (κ3) is 5.47. The Kier molecular flexibility index (Phi) is 7.49. The summed E-state index contributed by atoms with van der Waals surface area (Å²) in [6.45, 7) is 4.75. The summed E-state index contributed by atoms with van der Waals surface area (Å²) in [5, 5.41) is 2.78. The van der Waals surface area contributed by atoms with Crippen molar-refractivity contribution in [3.63, 3.8) is 0 Å². The van der Waals surface area contributed by atoms with Crippen molar-refractivity contribution < 1.29 is 19.1 Å². The van der Waals surface area contributed by atoms with Crippen LogP contribution in [0.4, 0.5) is 0 Å². The van der Waals surface area contributed by atoms with E-state index in [0.717, 1.165) is 55.3 Å². The summed E-state index contributed by atoms with van der Waals surface area (Å²) in [6.07, 6.45) is 1.76. The van der Waals surface area contributed by atoms with E-state index in [9.17, 15) is 9.59 Å². The van der Waals surface area contributed by atoms with Crippen LogP contribution in [0.5, 0.6) is 11.5 Å². The van der Waals surface area contributed by atoms with Crippen LogP contribution in [-0.2, 0) is 16.0 Å². The van der Waals surface area contributed by atoms with Crippen molar-refractivity contribution in [2.75, 3.05) is 60.5 Å². The molecule has 8 nitrogen and oxygen atoms in total. The molecule has 0 radical (unpaired) electrons. The van der Waals surface area contributed by atoms with Gasteiger partial charge in [0.25, 0.3) is 0 Å². The van der Waals surface area contributed by atoms with Gasteiger partial charge in [-0.05, 0) is 38.1 Å². The molecule has 178 valence electrons. The van der Waals surface area contributed by atoms with E-state index in [2.05, 4.69) is 16.9 Å². The zero-order valence-corrected chi connectivity index (χ0v) is 20.4. The number of carbonyl (C=O) groups excluding carboxylic acids is 2. The summed E-state index contributed by atoms with van der Waals surface area (Å²) < 4.78 is 10.7. The fraction of sp³-hybridized carbons (Fsp3) is 0.542. The molecule has 1 aromatic heterocycles. The summed E-state index contributed by atoms with van der Waals surface area (Å²) in [5.41, 5.74) is 1.70. The van der Waals surface area contributed by atoms with Gasteiger partial charge in [-0.15, -0.1) is 11.3 Å². The molecule has 9 heteroatoms. The maximum absolute atomic E-state index is 12.9. The molecule has 3 heterocycles. The van der Waals surface area contributed by atoms with Crippen molar-refractivity contribution in [3.05, 3.63) is 29.3 Å². The third-order valence-corrected chi connectivity index (χ3v) is 7.47. The Labute approximate surface area is 199 Å². The maximum Gasteiger partial charge on any atom is 0.228 e. The number of piperazine rings is 1. The number of amides is 2. The molecule has 0 spiro atoms. The molecular weight excluding hydrogens is 440 g/mol. The van der Waals surface area contributed by atoms with Crippen LogP contribution < -0.4 is 9.47 Å². The van der Waals surface area contributed by atoms with Gasteiger partial charge in [-0.25, -0.2) is 4.98 Å². The van der Waals surface area contributed by atoms with Crippen molar-refractivity contribution in [1.29, 1.82) is 0 Å². The van der Waals surface area contributed by atoms with Crippen molar-refractivity contribution in [3.8, 4) is 22.1 Å². The van der Waals surface area contributed by atoms with Crippen LogP contribution in [0.1, 0.15) is 18.5 Å². The number of benzene rings is 1. The number of hydrogen-bond acceptors (Lipinski definition) is 7. The average molecular weight is 473 g/mol. The topological polar surface area (TPSA) is 75.2 Å². The molecular formula is C24H32N4O4S. The van der Waals surface area contributed by atoms with Gasteiger partial charge in [0.05, 0.1) is 26.3 Å². The highest BCUT2D eigenvalue weighted by Crippen LogP contribution is 2.33. The van der Waals surface area contributed by atoms with Gasteiger partial charge in [-0.1, -0.05) is 0 Å². The Morgan fingerprint density at radius 3 is 2.36 bits per heavy atom. The largest absolute Gasteiger partial charge is 0.493 e. The van der Waals surface area contributed by atoms with E-state index in [0.29, 0.717) is 24.6 Å². The van der Waals surface area contributed by atoms with Crippen LogP contribution in [-0.4, -0.2) is 92.0 Å². The zero-order valence-electron chi connectivity index (χ0n) is 19.6. The second-order valence-corrected chi connectivity index (χ2v) is 9.53. The molecule has 2 aliphatic rings. The van der Waals surface area contributed by atoms with Crippen LogP contribution in [0.25, 0.3) is 10.6 Å². The van der Waals surface area contributed by atoms with E-state index < -0.39 is 0 Å². The SMILES string of the molecule is COc1ccc(-c2nc(CC(=O)N3CCC(C(=O)N4CCN(C)CC4)CC3)cs2)cc1OC. The minimum absolute atomic E-state index is 0.0355. The number of thiazole rings is 1. The second-order valence-electron chi connectivity index (χ2n) is 8.67. The Morgan fingerprint density at radius 2 is 1.70 bits per heavy atom. The predicted molar refractivity (Wildman–Crippen MR) is 128 cm³/mol. The summed E-state index contributed by atoms with van der Waals surface area (Å²) in [6, 6.07) is 5.69. The van der Waals surface area contributed by atoms with E-state index in [1.807, 2.05) is 33.4 Å². The van der Waals surface area contributed by atoms with Gasteiger partial charge in [0.2, 0.25) is 11.8 Å². The van der Waals surface area contributed by atoms with Crippen LogP contribution in [0.3, 0.4) is 0 Å². The number of likely N-dealkylation sites (N-methyl/N-ethyl adjacent to an activating group) is 1. The number of piperidine rings is 1. The van der Waals surface area contributed by atoms with Crippen molar-refractivity contribution in [1.82, 2.24) is 19.7 Å². The van der Waals surface area contributed by atoms with Crippen molar-refractivity contribution >= 4 is 23.2 Å². The molecule has 0 N–H and O–H groups in total. The Hall–Kier alpha value is -2.65. The first-order valence-corrected chi connectivity index (χ1v) is 12.3. The molecule has 2 aliphatic heterocycles. The zero-order chi connectivity index (χ0) is 23.4. The first-order valence-electron chi connectivity index (χ1n) is 11.4. The molecule has 2 amide bonds. The van der Waals surface area contributed by atoms with E-state index >= 15 is 0 Å².